The van der Waals surface area contributed by atoms with Gasteiger partial charge >= 0.3 is 0 Å². The predicted molar refractivity (Wildman–Crippen MR) is 121 cm³/mol. The Hall–Kier alpha value is -3.91. The van der Waals surface area contributed by atoms with Crippen LogP contribution in [0.2, 0.25) is 0 Å². The highest BCUT2D eigenvalue weighted by Gasteiger charge is 2.14. The molecule has 0 aliphatic rings. The Kier molecular flexibility index (Phi) is 6.09. The number of amides is 1. The van der Waals surface area contributed by atoms with E-state index >= 15 is 0 Å². The van der Waals surface area contributed by atoms with Crippen molar-refractivity contribution >= 4 is 29.0 Å². The molecule has 0 saturated carbocycles. The van der Waals surface area contributed by atoms with Gasteiger partial charge in [0.2, 0.25) is 5.91 Å². The summed E-state index contributed by atoms with van der Waals surface area (Å²) in [7, 11) is 0. The highest BCUT2D eigenvalue weighted by molar-refractivity contribution is 7.99. The maximum absolute atomic E-state index is 12.4. The largest absolute Gasteiger partial charge is 0.325 e. The molecule has 4 rings (SSSR count). The molecule has 4 aromatic rings. The van der Waals surface area contributed by atoms with Crippen molar-refractivity contribution in [1.82, 2.24) is 9.55 Å². The predicted octanol–water partition coefficient (Wildman–Crippen LogP) is 5.18. The summed E-state index contributed by atoms with van der Waals surface area (Å²) >= 11 is 1.32. The number of thioether (sulfide) groups is 1. The molecule has 0 radical (unpaired) electrons. The lowest BCUT2D eigenvalue weighted by Crippen LogP contribution is -2.14. The molecule has 1 heterocycles. The molecule has 0 bridgehead atoms. The molecule has 0 spiro atoms. The maximum Gasteiger partial charge on any atom is 0.269 e. The van der Waals surface area contributed by atoms with Crippen LogP contribution in [-0.4, -0.2) is 26.1 Å². The first kappa shape index (κ1) is 20.4. The van der Waals surface area contributed by atoms with Gasteiger partial charge in [-0.1, -0.05) is 60.3 Å². The van der Waals surface area contributed by atoms with Gasteiger partial charge in [0.25, 0.3) is 5.69 Å². The third kappa shape index (κ3) is 4.99. The number of non-ortho nitro benzene ring substituents is 1. The molecule has 0 fully saturated rings. The van der Waals surface area contributed by atoms with Crippen LogP contribution in [0.3, 0.4) is 0 Å². The van der Waals surface area contributed by atoms with Crippen LogP contribution >= 0.6 is 11.8 Å². The van der Waals surface area contributed by atoms with Gasteiger partial charge in [0.15, 0.2) is 5.16 Å². The lowest BCUT2D eigenvalue weighted by molar-refractivity contribution is -0.384. The Balaban J connectivity index is 1.51. The maximum atomic E-state index is 12.4. The summed E-state index contributed by atoms with van der Waals surface area (Å²) in [6.07, 6.45) is 1.96. The highest BCUT2D eigenvalue weighted by atomic mass is 32.2. The van der Waals surface area contributed by atoms with Gasteiger partial charge in [-0.25, -0.2) is 4.98 Å². The number of nitrogens with one attached hydrogen (secondary N) is 1. The second kappa shape index (κ2) is 9.27. The first-order valence-electron chi connectivity index (χ1n) is 9.47. The molecule has 0 aliphatic carbocycles. The number of carbonyl (C=O) groups excluding carboxylic acids is 1. The van der Waals surface area contributed by atoms with E-state index in [0.717, 1.165) is 16.9 Å². The quantitative estimate of drug-likeness (QED) is 0.248. The zero-order valence-electron chi connectivity index (χ0n) is 16.3. The first-order valence-corrected chi connectivity index (χ1v) is 10.5. The molecule has 0 saturated heterocycles. The first-order chi connectivity index (χ1) is 15.1. The fourth-order valence-corrected chi connectivity index (χ4v) is 3.77. The summed E-state index contributed by atoms with van der Waals surface area (Å²) in [6, 6.07) is 25.4. The summed E-state index contributed by atoms with van der Waals surface area (Å²) < 4.78 is 1.96. The van der Waals surface area contributed by atoms with E-state index in [1.165, 1.54) is 36.0 Å². The standard InChI is InChI=1S/C23H18N4O3S/c28-22(24-18-11-13-20(14-12-18)27(29)30)16-31-23-25-21(17-7-3-1-4-8-17)15-26(23)19-9-5-2-6-10-19/h1-15H,16H2,(H,24,28). The van der Waals surface area contributed by atoms with Gasteiger partial charge in [-0.3, -0.25) is 19.5 Å². The molecule has 1 amide bonds. The fourth-order valence-electron chi connectivity index (χ4n) is 2.98. The van der Waals surface area contributed by atoms with E-state index in [2.05, 4.69) is 5.32 Å². The van der Waals surface area contributed by atoms with Crippen molar-refractivity contribution in [3.8, 4) is 16.9 Å². The van der Waals surface area contributed by atoms with Crippen LogP contribution in [0.25, 0.3) is 16.9 Å². The van der Waals surface area contributed by atoms with Crippen LogP contribution in [0.1, 0.15) is 0 Å². The van der Waals surface area contributed by atoms with E-state index in [-0.39, 0.29) is 17.3 Å². The van der Waals surface area contributed by atoms with Crippen LogP contribution in [0, 0.1) is 10.1 Å². The number of para-hydroxylation sites is 1. The number of nitro groups is 1. The number of imidazole rings is 1. The average Bonchev–Trinajstić information content (AvgIpc) is 3.24. The zero-order valence-corrected chi connectivity index (χ0v) is 17.2. The number of carbonyl (C=O) groups is 1. The molecular formula is C23H18N4O3S. The normalized spacial score (nSPS) is 10.6. The molecule has 31 heavy (non-hydrogen) atoms. The molecule has 0 aliphatic heterocycles. The van der Waals surface area contributed by atoms with Gasteiger partial charge in [0.05, 0.1) is 16.4 Å². The Morgan fingerprint density at radius 1 is 0.968 bits per heavy atom. The van der Waals surface area contributed by atoms with Crippen LogP contribution in [0.5, 0.6) is 0 Å². The van der Waals surface area contributed by atoms with Crippen LogP contribution in [0.15, 0.2) is 96.3 Å². The Labute approximate surface area is 182 Å². The number of aromatic nitrogens is 2. The molecule has 0 atom stereocenters. The van der Waals surface area contributed by atoms with Crippen molar-refractivity contribution in [2.45, 2.75) is 5.16 Å². The Morgan fingerprint density at radius 3 is 2.26 bits per heavy atom. The van der Waals surface area contributed by atoms with Gasteiger partial charge < -0.3 is 5.32 Å². The molecule has 8 heteroatoms. The number of hydrogen-bond acceptors (Lipinski definition) is 5. The molecule has 3 aromatic carbocycles. The third-order valence-corrected chi connectivity index (χ3v) is 5.42. The second-order valence-corrected chi connectivity index (χ2v) is 7.56. The number of rotatable bonds is 7. The van der Waals surface area contributed by atoms with Crippen LogP contribution in [-0.2, 0) is 4.79 Å². The summed E-state index contributed by atoms with van der Waals surface area (Å²) in [4.78, 5) is 27.4. The van der Waals surface area contributed by atoms with Crippen LogP contribution in [0.4, 0.5) is 11.4 Å². The van der Waals surface area contributed by atoms with Crippen molar-refractivity contribution in [1.29, 1.82) is 0 Å². The monoisotopic (exact) mass is 430 g/mol. The Morgan fingerprint density at radius 2 is 1.61 bits per heavy atom. The number of hydrogen-bond donors (Lipinski definition) is 1. The lowest BCUT2D eigenvalue weighted by atomic mass is 10.2. The summed E-state index contributed by atoms with van der Waals surface area (Å²) in [5.74, 6) is -0.0718. The topological polar surface area (TPSA) is 90.1 Å². The molecule has 1 aromatic heterocycles. The molecule has 7 nitrogen and oxygen atoms in total. The van der Waals surface area contributed by atoms with Gasteiger partial charge in [-0.15, -0.1) is 0 Å². The minimum Gasteiger partial charge on any atom is -0.325 e. The molecule has 0 unspecified atom stereocenters. The van der Waals surface area contributed by atoms with Crippen LogP contribution < -0.4 is 5.32 Å². The van der Waals surface area contributed by atoms with Gasteiger partial charge in [0, 0.05) is 35.3 Å². The summed E-state index contributed by atoms with van der Waals surface area (Å²) in [5, 5.41) is 14.2. The fraction of sp³-hybridized carbons (Fsp3) is 0.0435. The van der Waals surface area contributed by atoms with E-state index < -0.39 is 4.92 Å². The smallest absolute Gasteiger partial charge is 0.269 e. The Bertz CT molecular complexity index is 1190. The van der Waals surface area contributed by atoms with E-state index in [4.69, 9.17) is 4.98 Å². The highest BCUT2D eigenvalue weighted by Crippen LogP contribution is 2.27. The number of anilines is 1. The number of nitrogens with zero attached hydrogens (tertiary/aromatic N) is 3. The van der Waals surface area contributed by atoms with Crippen molar-refractivity contribution in [2.24, 2.45) is 0 Å². The SMILES string of the molecule is O=C(CSc1nc(-c2ccccc2)cn1-c1ccccc1)Nc1ccc([N+](=O)[O-])cc1. The van der Waals surface area contributed by atoms with E-state index in [1.54, 1.807) is 0 Å². The third-order valence-electron chi connectivity index (χ3n) is 4.47. The van der Waals surface area contributed by atoms with E-state index in [1.807, 2.05) is 71.4 Å². The lowest BCUT2D eigenvalue weighted by Gasteiger charge is -2.08. The van der Waals surface area contributed by atoms with Gasteiger partial charge in [0.1, 0.15) is 0 Å². The van der Waals surface area contributed by atoms with Crippen molar-refractivity contribution in [3.63, 3.8) is 0 Å². The summed E-state index contributed by atoms with van der Waals surface area (Å²) in [6.45, 7) is 0. The molecule has 154 valence electrons. The number of benzene rings is 3. The van der Waals surface area contributed by atoms with Gasteiger partial charge in [-0.05, 0) is 24.3 Å². The zero-order chi connectivity index (χ0) is 21.6. The minimum atomic E-state index is -0.477. The summed E-state index contributed by atoms with van der Waals surface area (Å²) in [5.41, 5.74) is 3.26. The molecular weight excluding hydrogens is 412 g/mol. The van der Waals surface area contributed by atoms with Crippen molar-refractivity contribution in [3.05, 3.63) is 101 Å². The molecule has 1 N–H and O–H groups in total. The van der Waals surface area contributed by atoms with Crippen molar-refractivity contribution < 1.29 is 9.72 Å². The van der Waals surface area contributed by atoms with E-state index in [0.29, 0.717) is 10.8 Å². The van der Waals surface area contributed by atoms with Crippen molar-refractivity contribution in [2.75, 3.05) is 11.1 Å². The number of nitro benzene ring substituents is 1. The van der Waals surface area contributed by atoms with E-state index in [9.17, 15) is 14.9 Å². The second-order valence-electron chi connectivity index (χ2n) is 6.62. The minimum absolute atomic E-state index is 0.0225. The van der Waals surface area contributed by atoms with Gasteiger partial charge in [-0.2, -0.15) is 0 Å². The average molecular weight is 430 g/mol.